The molecule has 7 heteroatoms. The zero-order chi connectivity index (χ0) is 25.7. The van der Waals surface area contributed by atoms with Gasteiger partial charge in [-0.05, 0) is 68.0 Å². The average molecular weight is 492 g/mol. The maximum Gasteiger partial charge on any atom is 0.243 e. The number of nitrogens with zero attached hydrogens (tertiary/aromatic N) is 2. The van der Waals surface area contributed by atoms with Crippen LogP contribution in [-0.2, 0) is 16.1 Å². The number of hydrogen-bond donors (Lipinski definition) is 1. The Labute approximate surface area is 213 Å². The SMILES string of the molecule is CCC1CC(=O)N(Cc2cccc(NC(=O)C(C)C)c2)N=C1c1ccc(OC)c(OC2CCCC2)c1. The zero-order valence-electron chi connectivity index (χ0n) is 21.8. The third-order valence-corrected chi connectivity index (χ3v) is 6.92. The molecule has 2 amide bonds. The first kappa shape index (κ1) is 25.7. The van der Waals surface area contributed by atoms with Crippen molar-refractivity contribution in [3.05, 3.63) is 53.6 Å². The van der Waals surface area contributed by atoms with Crippen LogP contribution in [0.1, 0.15) is 70.4 Å². The molecular formula is C29H37N3O4. The molecule has 1 aliphatic carbocycles. The maximum absolute atomic E-state index is 13.0. The number of nitrogens with one attached hydrogen (secondary N) is 1. The summed E-state index contributed by atoms with van der Waals surface area (Å²) in [7, 11) is 1.65. The number of hydrazone groups is 1. The van der Waals surface area contributed by atoms with Crippen molar-refractivity contribution in [2.24, 2.45) is 16.9 Å². The number of rotatable bonds is 9. The minimum absolute atomic E-state index is 0.00170. The third-order valence-electron chi connectivity index (χ3n) is 6.92. The van der Waals surface area contributed by atoms with E-state index in [1.807, 2.05) is 56.3 Å². The Morgan fingerprint density at radius 1 is 1.14 bits per heavy atom. The Kier molecular flexibility index (Phi) is 8.28. The van der Waals surface area contributed by atoms with Crippen molar-refractivity contribution in [1.82, 2.24) is 5.01 Å². The van der Waals surface area contributed by atoms with Crippen LogP contribution >= 0.6 is 0 Å². The molecule has 2 aliphatic rings. The van der Waals surface area contributed by atoms with E-state index in [9.17, 15) is 9.59 Å². The number of methoxy groups -OCH3 is 1. The van der Waals surface area contributed by atoms with E-state index in [0.717, 1.165) is 47.5 Å². The van der Waals surface area contributed by atoms with E-state index in [4.69, 9.17) is 14.6 Å². The van der Waals surface area contributed by atoms with Gasteiger partial charge in [0.2, 0.25) is 11.8 Å². The molecule has 0 saturated heterocycles. The second-order valence-corrected chi connectivity index (χ2v) is 9.98. The van der Waals surface area contributed by atoms with Gasteiger partial charge in [-0.2, -0.15) is 5.10 Å². The number of ether oxygens (including phenoxy) is 2. The van der Waals surface area contributed by atoms with Crippen molar-refractivity contribution in [2.45, 2.75) is 71.9 Å². The fourth-order valence-corrected chi connectivity index (χ4v) is 4.76. The Morgan fingerprint density at radius 2 is 1.92 bits per heavy atom. The van der Waals surface area contributed by atoms with E-state index in [1.165, 1.54) is 12.8 Å². The summed E-state index contributed by atoms with van der Waals surface area (Å²) in [4.78, 5) is 25.1. The van der Waals surface area contributed by atoms with Crippen molar-refractivity contribution >= 4 is 23.2 Å². The number of benzene rings is 2. The van der Waals surface area contributed by atoms with Crippen molar-refractivity contribution in [3.63, 3.8) is 0 Å². The first-order valence-corrected chi connectivity index (χ1v) is 13.0. The lowest BCUT2D eigenvalue weighted by Crippen LogP contribution is -2.36. The summed E-state index contributed by atoms with van der Waals surface area (Å²) in [5.74, 6) is 1.33. The summed E-state index contributed by atoms with van der Waals surface area (Å²) in [6.07, 6.45) is 5.94. The van der Waals surface area contributed by atoms with E-state index in [1.54, 1.807) is 12.1 Å². The van der Waals surface area contributed by atoms with Gasteiger partial charge in [-0.25, -0.2) is 5.01 Å². The van der Waals surface area contributed by atoms with Gasteiger partial charge in [0.1, 0.15) is 0 Å². The molecule has 0 bridgehead atoms. The quantitative estimate of drug-likeness (QED) is 0.483. The molecule has 2 aromatic carbocycles. The second kappa shape index (κ2) is 11.6. The lowest BCUT2D eigenvalue weighted by Gasteiger charge is -2.29. The Bertz CT molecular complexity index is 1120. The number of carbonyl (C=O) groups is 2. The van der Waals surface area contributed by atoms with Gasteiger partial charge in [-0.3, -0.25) is 9.59 Å². The molecule has 0 spiro atoms. The number of carbonyl (C=O) groups excluding carboxylic acids is 2. The smallest absolute Gasteiger partial charge is 0.243 e. The number of hydrogen-bond acceptors (Lipinski definition) is 5. The van der Waals surface area contributed by atoms with Crippen molar-refractivity contribution in [3.8, 4) is 11.5 Å². The van der Waals surface area contributed by atoms with Crippen LogP contribution in [0.4, 0.5) is 5.69 Å². The first-order chi connectivity index (χ1) is 17.4. The van der Waals surface area contributed by atoms with E-state index >= 15 is 0 Å². The summed E-state index contributed by atoms with van der Waals surface area (Å²) in [6, 6.07) is 13.5. The van der Waals surface area contributed by atoms with Crippen molar-refractivity contribution < 1.29 is 19.1 Å². The molecule has 7 nitrogen and oxygen atoms in total. The van der Waals surface area contributed by atoms with Crippen LogP contribution in [0.2, 0.25) is 0 Å². The van der Waals surface area contributed by atoms with Gasteiger partial charge in [0.25, 0.3) is 0 Å². The normalized spacial score (nSPS) is 18.4. The van der Waals surface area contributed by atoms with Gasteiger partial charge in [-0.15, -0.1) is 0 Å². The highest BCUT2D eigenvalue weighted by Crippen LogP contribution is 2.34. The average Bonchev–Trinajstić information content (AvgIpc) is 3.38. The van der Waals surface area contributed by atoms with Crippen LogP contribution in [0.3, 0.4) is 0 Å². The van der Waals surface area contributed by atoms with Crippen LogP contribution in [0, 0.1) is 11.8 Å². The standard InChI is InChI=1S/C29H37N3O4/c1-5-21-17-27(33)32(18-20-9-8-10-23(15-20)30-29(34)19(2)3)31-28(21)22-13-14-25(35-4)26(16-22)36-24-11-6-7-12-24/h8-10,13-16,19,21,24H,5-7,11-12,17-18H2,1-4H3,(H,30,34). The molecule has 1 aliphatic heterocycles. The predicted octanol–water partition coefficient (Wildman–Crippen LogP) is 5.77. The summed E-state index contributed by atoms with van der Waals surface area (Å²) in [6.45, 7) is 6.14. The summed E-state index contributed by atoms with van der Waals surface area (Å²) < 4.78 is 11.9. The highest BCUT2D eigenvalue weighted by Gasteiger charge is 2.30. The monoisotopic (exact) mass is 491 g/mol. The molecule has 1 heterocycles. The Balaban J connectivity index is 1.59. The van der Waals surface area contributed by atoms with Crippen LogP contribution < -0.4 is 14.8 Å². The van der Waals surface area contributed by atoms with Gasteiger partial charge in [-0.1, -0.05) is 32.9 Å². The Morgan fingerprint density at radius 3 is 2.61 bits per heavy atom. The molecule has 0 radical (unpaired) electrons. The largest absolute Gasteiger partial charge is 0.493 e. The van der Waals surface area contributed by atoms with Gasteiger partial charge < -0.3 is 14.8 Å². The van der Waals surface area contributed by atoms with Crippen molar-refractivity contribution in [1.29, 1.82) is 0 Å². The second-order valence-electron chi connectivity index (χ2n) is 9.98. The van der Waals surface area contributed by atoms with E-state index in [0.29, 0.717) is 18.7 Å². The van der Waals surface area contributed by atoms with Crippen LogP contribution in [0.5, 0.6) is 11.5 Å². The first-order valence-electron chi connectivity index (χ1n) is 13.0. The molecule has 2 aromatic rings. The maximum atomic E-state index is 13.0. The van der Waals surface area contributed by atoms with Gasteiger partial charge in [0.15, 0.2) is 11.5 Å². The van der Waals surface area contributed by atoms with Crippen LogP contribution in [0.15, 0.2) is 47.6 Å². The molecule has 192 valence electrons. The minimum atomic E-state index is -0.109. The molecule has 36 heavy (non-hydrogen) atoms. The number of anilines is 1. The molecule has 0 aromatic heterocycles. The molecule has 4 rings (SSSR count). The van der Waals surface area contributed by atoms with Crippen LogP contribution in [-0.4, -0.2) is 35.7 Å². The Hall–Kier alpha value is -3.35. The topological polar surface area (TPSA) is 80.2 Å². The summed E-state index contributed by atoms with van der Waals surface area (Å²) in [5, 5.41) is 9.32. The lowest BCUT2D eigenvalue weighted by molar-refractivity contribution is -0.133. The highest BCUT2D eigenvalue weighted by atomic mass is 16.5. The van der Waals surface area contributed by atoms with Crippen LogP contribution in [0.25, 0.3) is 0 Å². The van der Waals surface area contributed by atoms with Gasteiger partial charge in [0, 0.05) is 29.5 Å². The fraction of sp³-hybridized carbons (Fsp3) is 0.483. The summed E-state index contributed by atoms with van der Waals surface area (Å²) >= 11 is 0. The highest BCUT2D eigenvalue weighted by molar-refractivity contribution is 6.06. The lowest BCUT2D eigenvalue weighted by atomic mass is 9.89. The van der Waals surface area contributed by atoms with E-state index in [2.05, 4.69) is 12.2 Å². The predicted molar refractivity (Wildman–Crippen MR) is 141 cm³/mol. The van der Waals surface area contributed by atoms with Gasteiger partial charge >= 0.3 is 0 Å². The molecular weight excluding hydrogens is 454 g/mol. The summed E-state index contributed by atoms with van der Waals surface area (Å²) in [5.41, 5.74) is 3.46. The molecule has 1 unspecified atom stereocenters. The number of amides is 2. The zero-order valence-corrected chi connectivity index (χ0v) is 21.8. The molecule has 1 N–H and O–H groups in total. The van der Waals surface area contributed by atoms with Gasteiger partial charge in [0.05, 0.1) is 25.5 Å². The van der Waals surface area contributed by atoms with E-state index < -0.39 is 0 Å². The minimum Gasteiger partial charge on any atom is -0.493 e. The fourth-order valence-electron chi connectivity index (χ4n) is 4.76. The van der Waals surface area contributed by atoms with Crippen molar-refractivity contribution in [2.75, 3.05) is 12.4 Å². The third kappa shape index (κ3) is 6.07. The molecule has 1 atom stereocenters. The van der Waals surface area contributed by atoms with E-state index in [-0.39, 0.29) is 29.8 Å². The molecule has 1 saturated carbocycles. The molecule has 1 fully saturated rings.